The summed E-state index contributed by atoms with van der Waals surface area (Å²) in [5, 5.41) is 5.33. The molecule has 3 aromatic rings. The third-order valence-corrected chi connectivity index (χ3v) is 6.18. The lowest BCUT2D eigenvalue weighted by Gasteiger charge is -2.34. The van der Waals surface area contributed by atoms with E-state index in [0.717, 1.165) is 19.3 Å². The van der Waals surface area contributed by atoms with Crippen LogP contribution in [0.3, 0.4) is 0 Å². The molecule has 38 heavy (non-hydrogen) atoms. The second-order valence-corrected chi connectivity index (χ2v) is 9.56. The number of H-pyrrole nitrogens is 1. The average molecular weight is 523 g/mol. The van der Waals surface area contributed by atoms with Gasteiger partial charge in [-0.2, -0.15) is 0 Å². The molecule has 1 aliphatic heterocycles. The molecular formula is C27H34N6O5. The molecule has 2 aromatic heterocycles. The van der Waals surface area contributed by atoms with Crippen molar-refractivity contribution in [2.75, 3.05) is 23.7 Å². The number of aromatic amines is 1. The highest BCUT2D eigenvalue weighted by Gasteiger charge is 2.28. The second-order valence-electron chi connectivity index (χ2n) is 9.56. The van der Waals surface area contributed by atoms with Gasteiger partial charge in [0.2, 0.25) is 0 Å². The fourth-order valence-corrected chi connectivity index (χ4v) is 4.44. The van der Waals surface area contributed by atoms with Crippen molar-refractivity contribution in [1.29, 1.82) is 0 Å². The Labute approximate surface area is 221 Å². The zero-order valence-electron chi connectivity index (χ0n) is 21.9. The van der Waals surface area contributed by atoms with Gasteiger partial charge in [-0.1, -0.05) is 25.5 Å². The highest BCUT2D eigenvalue weighted by atomic mass is 16.5. The van der Waals surface area contributed by atoms with Gasteiger partial charge in [0.05, 0.1) is 18.6 Å². The van der Waals surface area contributed by atoms with Crippen molar-refractivity contribution < 1.29 is 23.5 Å². The lowest BCUT2D eigenvalue weighted by atomic mass is 10.1. The molecule has 11 heteroatoms. The van der Waals surface area contributed by atoms with Gasteiger partial charge in [-0.05, 0) is 56.5 Å². The number of nitrogens with two attached hydrogens (primary N) is 1. The molecule has 1 saturated heterocycles. The summed E-state index contributed by atoms with van der Waals surface area (Å²) in [6.45, 7) is 6.96. The predicted molar refractivity (Wildman–Crippen MR) is 142 cm³/mol. The van der Waals surface area contributed by atoms with Crippen LogP contribution in [0.5, 0.6) is 0 Å². The average Bonchev–Trinajstić information content (AvgIpc) is 3.49. The Morgan fingerprint density at radius 2 is 1.79 bits per heavy atom. The van der Waals surface area contributed by atoms with E-state index in [1.807, 2.05) is 38.1 Å². The number of hydrogen-bond donors (Lipinski definition) is 4. The maximum absolute atomic E-state index is 12.9. The highest BCUT2D eigenvalue weighted by molar-refractivity contribution is 6.04. The number of ether oxygens (including phenoxy) is 1. The molecular weight excluding hydrogens is 488 g/mol. The number of amides is 4. The molecule has 1 aliphatic rings. The molecule has 1 unspecified atom stereocenters. The molecule has 4 amide bonds. The molecule has 3 heterocycles. The minimum atomic E-state index is -0.797. The van der Waals surface area contributed by atoms with Crippen LogP contribution in [-0.2, 0) is 17.6 Å². The quantitative estimate of drug-likeness (QED) is 0.334. The van der Waals surface area contributed by atoms with Crippen molar-refractivity contribution in [2.45, 2.75) is 58.7 Å². The molecule has 0 saturated carbocycles. The van der Waals surface area contributed by atoms with E-state index in [1.165, 1.54) is 5.56 Å². The normalized spacial score (nSPS) is 17.3. The summed E-state index contributed by atoms with van der Waals surface area (Å²) in [6, 6.07) is 10.3. The number of aromatic nitrogens is 2. The number of anilines is 2. The Balaban J connectivity index is 1.39. The first-order valence-electron chi connectivity index (χ1n) is 12.8. The zero-order chi connectivity index (χ0) is 27.2. The van der Waals surface area contributed by atoms with E-state index in [9.17, 15) is 14.4 Å². The number of carbonyl (C=O) groups is 3. The minimum Gasteiger partial charge on any atom is -0.455 e. The van der Waals surface area contributed by atoms with Crippen molar-refractivity contribution in [2.24, 2.45) is 5.73 Å². The van der Waals surface area contributed by atoms with Crippen LogP contribution >= 0.6 is 0 Å². The van der Waals surface area contributed by atoms with Gasteiger partial charge in [0, 0.05) is 18.8 Å². The maximum atomic E-state index is 12.9. The summed E-state index contributed by atoms with van der Waals surface area (Å²) >= 11 is 0. The number of unbranched alkanes of at least 4 members (excludes halogenated alkanes) is 1. The maximum Gasteiger partial charge on any atom is 0.324 e. The first kappa shape index (κ1) is 26.9. The van der Waals surface area contributed by atoms with Gasteiger partial charge in [0.1, 0.15) is 17.4 Å². The van der Waals surface area contributed by atoms with Crippen LogP contribution in [0.1, 0.15) is 71.8 Å². The van der Waals surface area contributed by atoms with E-state index < -0.39 is 11.9 Å². The number of morpholine rings is 1. The van der Waals surface area contributed by atoms with Crippen molar-refractivity contribution in [3.05, 3.63) is 65.0 Å². The van der Waals surface area contributed by atoms with Gasteiger partial charge >= 0.3 is 6.03 Å². The van der Waals surface area contributed by atoms with E-state index in [-0.39, 0.29) is 41.8 Å². The van der Waals surface area contributed by atoms with Crippen LogP contribution in [0, 0.1) is 0 Å². The molecule has 1 aromatic carbocycles. The summed E-state index contributed by atoms with van der Waals surface area (Å²) in [4.78, 5) is 46.2. The number of carbonyl (C=O) groups excluding carboxylic acids is 3. The fourth-order valence-electron chi connectivity index (χ4n) is 4.44. The molecule has 0 radical (unpaired) electrons. The van der Waals surface area contributed by atoms with Crippen molar-refractivity contribution in [1.82, 2.24) is 14.9 Å². The molecule has 4 rings (SSSR count). The van der Waals surface area contributed by atoms with Crippen molar-refractivity contribution in [3.8, 4) is 0 Å². The Bertz CT molecular complexity index is 1270. The molecule has 202 valence electrons. The first-order chi connectivity index (χ1) is 18.2. The number of imidazole rings is 1. The smallest absolute Gasteiger partial charge is 0.324 e. The summed E-state index contributed by atoms with van der Waals surface area (Å²) in [5.74, 6) is 0.0787. The number of hydrogen-bond acceptors (Lipinski definition) is 6. The van der Waals surface area contributed by atoms with E-state index in [4.69, 9.17) is 14.9 Å². The van der Waals surface area contributed by atoms with Gasteiger partial charge in [0.15, 0.2) is 11.5 Å². The molecule has 0 aliphatic carbocycles. The standard InChI is InChI=1S/C27H34N6O5/c1-4-5-6-18-7-9-19(10-8-18)29-27(36)32-25-23(24(28)34)30-22(31-25)13-20-11-12-21(38-20)26(35)33-14-16(2)37-17(3)15-33/h7-12,16-17H,4-6,13-15H2,1-3H3,(H2,28,34)(H,30,31)(H2,29,32,36)/t16-,17?/m0/s1. The molecule has 2 atom stereocenters. The van der Waals surface area contributed by atoms with Gasteiger partial charge in [-0.3, -0.25) is 14.9 Å². The van der Waals surface area contributed by atoms with E-state index in [0.29, 0.717) is 30.4 Å². The molecule has 11 nitrogen and oxygen atoms in total. The number of benzene rings is 1. The first-order valence-corrected chi connectivity index (χ1v) is 12.8. The number of furan rings is 1. The van der Waals surface area contributed by atoms with E-state index in [1.54, 1.807) is 17.0 Å². The molecule has 5 N–H and O–H groups in total. The Kier molecular flexibility index (Phi) is 8.47. The van der Waals surface area contributed by atoms with Gasteiger partial charge in [-0.15, -0.1) is 0 Å². The monoisotopic (exact) mass is 522 g/mol. The molecule has 0 spiro atoms. The fraction of sp³-hybridized carbons (Fsp3) is 0.407. The largest absolute Gasteiger partial charge is 0.455 e. The summed E-state index contributed by atoms with van der Waals surface area (Å²) in [5.41, 5.74) is 7.18. The SMILES string of the molecule is CCCCc1ccc(NC(=O)Nc2[nH]c(Cc3ccc(C(=O)N4CC(C)O[C@@H](C)C4)o3)nc2C(N)=O)cc1. The number of urea groups is 1. The number of primary amides is 1. The highest BCUT2D eigenvalue weighted by Crippen LogP contribution is 2.20. The number of aryl methyl sites for hydroxylation is 1. The van der Waals surface area contributed by atoms with Gasteiger partial charge in [0.25, 0.3) is 11.8 Å². The van der Waals surface area contributed by atoms with Gasteiger partial charge < -0.3 is 30.1 Å². The lowest BCUT2D eigenvalue weighted by molar-refractivity contribution is -0.0592. The predicted octanol–water partition coefficient (Wildman–Crippen LogP) is 3.93. The topological polar surface area (TPSA) is 156 Å². The summed E-state index contributed by atoms with van der Waals surface area (Å²) in [7, 11) is 0. The Morgan fingerprint density at radius 1 is 1.08 bits per heavy atom. The minimum absolute atomic E-state index is 0.0549. The van der Waals surface area contributed by atoms with Crippen LogP contribution in [-0.4, -0.2) is 58.0 Å². The van der Waals surface area contributed by atoms with Gasteiger partial charge in [-0.25, -0.2) is 9.78 Å². The van der Waals surface area contributed by atoms with Crippen LogP contribution in [0.15, 0.2) is 40.8 Å². The van der Waals surface area contributed by atoms with Crippen molar-refractivity contribution in [3.63, 3.8) is 0 Å². The van der Waals surface area contributed by atoms with E-state index >= 15 is 0 Å². The van der Waals surface area contributed by atoms with Crippen LogP contribution in [0.4, 0.5) is 16.3 Å². The molecule has 1 fully saturated rings. The summed E-state index contributed by atoms with van der Waals surface area (Å²) < 4.78 is 11.5. The van der Waals surface area contributed by atoms with E-state index in [2.05, 4.69) is 27.5 Å². The number of nitrogens with zero attached hydrogens (tertiary/aromatic N) is 2. The molecule has 0 bridgehead atoms. The van der Waals surface area contributed by atoms with Crippen LogP contribution < -0.4 is 16.4 Å². The Hall–Kier alpha value is -4.12. The second kappa shape index (κ2) is 12.0. The zero-order valence-corrected chi connectivity index (χ0v) is 21.9. The third kappa shape index (κ3) is 6.80. The summed E-state index contributed by atoms with van der Waals surface area (Å²) in [6.07, 6.45) is 3.25. The Morgan fingerprint density at radius 3 is 2.45 bits per heavy atom. The number of nitrogens with one attached hydrogen (secondary N) is 3. The van der Waals surface area contributed by atoms with Crippen molar-refractivity contribution >= 4 is 29.4 Å². The lowest BCUT2D eigenvalue weighted by Crippen LogP contribution is -2.48. The third-order valence-electron chi connectivity index (χ3n) is 6.18. The number of rotatable bonds is 9. The van der Waals surface area contributed by atoms with Crippen LogP contribution in [0.2, 0.25) is 0 Å². The van der Waals surface area contributed by atoms with Crippen LogP contribution in [0.25, 0.3) is 0 Å².